The van der Waals surface area contributed by atoms with Gasteiger partial charge in [0.2, 0.25) is 11.8 Å². The molecule has 4 aliphatic rings. The Labute approximate surface area is 303 Å². The molecule has 2 amide bonds. The number of hydrogen-bond acceptors (Lipinski definition) is 7. The summed E-state index contributed by atoms with van der Waals surface area (Å²) in [7, 11) is 0. The lowest BCUT2D eigenvalue weighted by molar-refractivity contribution is -0.122. The first-order valence-corrected chi connectivity index (χ1v) is 17.4. The number of esters is 2. The van der Waals surface area contributed by atoms with Crippen LogP contribution in [0.15, 0.2) is 127 Å². The van der Waals surface area contributed by atoms with Crippen molar-refractivity contribution >= 4 is 67.1 Å². The SMILES string of the molecule is O=C(COC(=O)c1cccc(N2C(=O)[C@H]3[C@H](C2=O)C2(Br)c4ccccc4C3(Br)c3ccccc32)c1)c1ccc(OC(=O)c2ccccc2)cc1. The van der Waals surface area contributed by atoms with E-state index in [9.17, 15) is 24.0 Å². The third-order valence-electron chi connectivity index (χ3n) is 9.66. The maximum atomic E-state index is 14.4. The van der Waals surface area contributed by atoms with Gasteiger partial charge in [0.25, 0.3) is 0 Å². The van der Waals surface area contributed by atoms with E-state index in [4.69, 9.17) is 9.47 Å². The van der Waals surface area contributed by atoms with Crippen molar-refractivity contribution < 1.29 is 33.4 Å². The zero-order valence-corrected chi connectivity index (χ0v) is 29.2. The molecule has 10 heteroatoms. The van der Waals surface area contributed by atoms with Gasteiger partial charge in [-0.05, 0) is 76.9 Å². The third kappa shape index (κ3) is 4.73. The van der Waals surface area contributed by atoms with Gasteiger partial charge in [-0.1, -0.05) is 105 Å². The maximum absolute atomic E-state index is 14.4. The summed E-state index contributed by atoms with van der Waals surface area (Å²) in [5.74, 6) is -3.83. The second kappa shape index (κ2) is 12.0. The standard InChI is InChI=1S/C40H25Br2NO7/c41-39-28-13-4-5-14-29(28)40(42,31-16-7-6-15-30(31)39)34-33(39)35(45)43(36(34)46)26-12-8-11-25(21-26)37(47)49-22-32(44)23-17-19-27(20-18-23)50-38(48)24-9-2-1-3-10-24/h1-21,33-34H,22H2/t33-,34-,39?,40?/m1/s1. The van der Waals surface area contributed by atoms with Crippen LogP contribution < -0.4 is 9.64 Å². The molecule has 0 spiro atoms. The minimum Gasteiger partial charge on any atom is -0.454 e. The fourth-order valence-electron chi connectivity index (χ4n) is 7.44. The van der Waals surface area contributed by atoms with E-state index in [-0.39, 0.29) is 34.4 Å². The highest BCUT2D eigenvalue weighted by molar-refractivity contribution is 9.10. The Morgan fingerprint density at radius 2 is 1.08 bits per heavy atom. The molecule has 0 aromatic heterocycles. The van der Waals surface area contributed by atoms with Gasteiger partial charge >= 0.3 is 11.9 Å². The minimum absolute atomic E-state index is 0.0746. The molecule has 246 valence electrons. The zero-order valence-electron chi connectivity index (χ0n) is 26.0. The van der Waals surface area contributed by atoms with E-state index < -0.39 is 44.8 Å². The van der Waals surface area contributed by atoms with Crippen molar-refractivity contribution in [3.8, 4) is 5.75 Å². The molecule has 50 heavy (non-hydrogen) atoms. The Balaban J connectivity index is 1.000. The average Bonchev–Trinajstić information content (AvgIpc) is 3.43. The normalized spacial score (nSPS) is 22.7. The minimum atomic E-state index is -0.944. The van der Waals surface area contributed by atoms with Crippen LogP contribution in [0.1, 0.15) is 53.3 Å². The molecule has 0 N–H and O–H groups in total. The number of amides is 2. The van der Waals surface area contributed by atoms with Crippen molar-refractivity contribution in [1.29, 1.82) is 0 Å². The summed E-state index contributed by atoms with van der Waals surface area (Å²) in [6.45, 7) is -0.549. The monoisotopic (exact) mass is 789 g/mol. The number of imide groups is 1. The van der Waals surface area contributed by atoms with Crippen LogP contribution in [0, 0.1) is 11.8 Å². The van der Waals surface area contributed by atoms with Gasteiger partial charge in [-0.3, -0.25) is 14.4 Å². The Morgan fingerprint density at radius 3 is 1.62 bits per heavy atom. The van der Waals surface area contributed by atoms with Gasteiger partial charge in [0, 0.05) is 5.56 Å². The summed E-state index contributed by atoms with van der Waals surface area (Å²) in [5.41, 5.74) is 4.64. The molecule has 0 saturated carbocycles. The van der Waals surface area contributed by atoms with Crippen molar-refractivity contribution in [3.63, 3.8) is 0 Å². The van der Waals surface area contributed by atoms with E-state index >= 15 is 0 Å². The van der Waals surface area contributed by atoms with Crippen molar-refractivity contribution in [1.82, 2.24) is 0 Å². The quantitative estimate of drug-likeness (QED) is 0.0558. The van der Waals surface area contributed by atoms with E-state index in [0.717, 1.165) is 27.2 Å². The van der Waals surface area contributed by atoms with E-state index in [1.54, 1.807) is 42.5 Å². The number of rotatable bonds is 7. The summed E-state index contributed by atoms with van der Waals surface area (Å²) in [6, 6.07) is 36.2. The Bertz CT molecular complexity index is 2130. The summed E-state index contributed by atoms with van der Waals surface area (Å²) in [4.78, 5) is 68.3. The first kappa shape index (κ1) is 32.0. The number of nitrogens with zero attached hydrogens (tertiary/aromatic N) is 1. The van der Waals surface area contributed by atoms with E-state index in [2.05, 4.69) is 31.9 Å². The molecule has 8 nitrogen and oxygen atoms in total. The second-order valence-corrected chi connectivity index (χ2v) is 14.8. The molecule has 2 bridgehead atoms. The highest BCUT2D eigenvalue weighted by atomic mass is 79.9. The molecule has 1 heterocycles. The van der Waals surface area contributed by atoms with E-state index in [1.807, 2.05) is 48.5 Å². The highest BCUT2D eigenvalue weighted by Crippen LogP contribution is 2.70. The molecule has 0 unspecified atom stereocenters. The largest absolute Gasteiger partial charge is 0.454 e. The topological polar surface area (TPSA) is 107 Å². The lowest BCUT2D eigenvalue weighted by Gasteiger charge is -2.55. The van der Waals surface area contributed by atoms with Crippen molar-refractivity contribution in [2.45, 2.75) is 8.65 Å². The molecule has 1 aliphatic heterocycles. The van der Waals surface area contributed by atoms with Crippen molar-refractivity contribution in [3.05, 3.63) is 166 Å². The number of ether oxygens (including phenoxy) is 2. The van der Waals surface area contributed by atoms with Crippen LogP contribution in [-0.2, 0) is 23.0 Å². The maximum Gasteiger partial charge on any atom is 0.343 e. The Kier molecular flexibility index (Phi) is 7.69. The molecule has 1 fully saturated rings. The van der Waals surface area contributed by atoms with Crippen LogP contribution in [0.2, 0.25) is 0 Å². The molecule has 5 aromatic rings. The van der Waals surface area contributed by atoms with Crippen LogP contribution in [0.5, 0.6) is 5.75 Å². The number of benzene rings is 5. The molecule has 3 aliphatic carbocycles. The van der Waals surface area contributed by atoms with Crippen molar-refractivity contribution in [2.75, 3.05) is 11.5 Å². The Hall–Kier alpha value is -5.19. The first-order chi connectivity index (χ1) is 24.1. The van der Waals surface area contributed by atoms with Gasteiger partial charge in [0.05, 0.1) is 37.3 Å². The second-order valence-electron chi connectivity index (χ2n) is 12.3. The Morgan fingerprint density at radius 1 is 0.580 bits per heavy atom. The molecule has 0 radical (unpaired) electrons. The summed E-state index contributed by atoms with van der Waals surface area (Å²) in [5, 5.41) is 0. The van der Waals surface area contributed by atoms with E-state index in [0.29, 0.717) is 5.56 Å². The van der Waals surface area contributed by atoms with Crippen LogP contribution in [0.3, 0.4) is 0 Å². The summed E-state index contributed by atoms with van der Waals surface area (Å²) in [6.07, 6.45) is 0. The highest BCUT2D eigenvalue weighted by Gasteiger charge is 2.72. The van der Waals surface area contributed by atoms with Crippen LogP contribution in [0.25, 0.3) is 0 Å². The first-order valence-electron chi connectivity index (χ1n) is 15.8. The van der Waals surface area contributed by atoms with Crippen LogP contribution in [-0.4, -0.2) is 36.1 Å². The molecule has 2 atom stereocenters. The smallest absolute Gasteiger partial charge is 0.343 e. The van der Waals surface area contributed by atoms with Gasteiger partial charge in [-0.2, -0.15) is 0 Å². The van der Waals surface area contributed by atoms with Crippen LogP contribution >= 0.6 is 31.9 Å². The van der Waals surface area contributed by atoms with Gasteiger partial charge in [-0.25, -0.2) is 14.5 Å². The van der Waals surface area contributed by atoms with Crippen molar-refractivity contribution in [2.24, 2.45) is 11.8 Å². The van der Waals surface area contributed by atoms with E-state index in [1.165, 1.54) is 36.4 Å². The number of alkyl halides is 2. The van der Waals surface area contributed by atoms with Gasteiger partial charge in [-0.15, -0.1) is 0 Å². The van der Waals surface area contributed by atoms with Gasteiger partial charge in [0.1, 0.15) is 5.75 Å². The number of ketones is 1. The fourth-order valence-corrected chi connectivity index (χ4v) is 9.74. The van der Waals surface area contributed by atoms with Gasteiger partial charge < -0.3 is 9.47 Å². The number of halogens is 2. The molecule has 1 saturated heterocycles. The molecule has 9 rings (SSSR count). The zero-order chi connectivity index (χ0) is 34.8. The molecular weight excluding hydrogens is 766 g/mol. The lowest BCUT2D eigenvalue weighted by atomic mass is 9.54. The summed E-state index contributed by atoms with van der Waals surface area (Å²) < 4.78 is 8.82. The number of carbonyl (C=O) groups excluding carboxylic acids is 5. The third-order valence-corrected chi connectivity index (χ3v) is 12.4. The fraction of sp³-hybridized carbons (Fsp3) is 0.125. The summed E-state index contributed by atoms with van der Waals surface area (Å²) >= 11 is 7.99. The number of anilines is 1. The average molecular weight is 791 g/mol. The predicted molar refractivity (Wildman–Crippen MR) is 191 cm³/mol. The van der Waals surface area contributed by atoms with Crippen LogP contribution in [0.4, 0.5) is 5.69 Å². The number of Topliss-reactive ketones (excluding diaryl/α,β-unsaturated/α-hetero) is 1. The predicted octanol–water partition coefficient (Wildman–Crippen LogP) is 7.36. The molecular formula is C40H25Br2NO7. The lowest BCUT2D eigenvalue weighted by Crippen LogP contribution is -2.56. The molecule has 5 aromatic carbocycles. The number of carbonyl (C=O) groups is 5. The number of hydrogen-bond donors (Lipinski definition) is 0. The van der Waals surface area contributed by atoms with Gasteiger partial charge in [0.15, 0.2) is 12.4 Å².